The highest BCUT2D eigenvalue weighted by Crippen LogP contribution is 2.19. The van der Waals surface area contributed by atoms with E-state index in [-0.39, 0.29) is 23.9 Å². The molecule has 0 radical (unpaired) electrons. The number of para-hydroxylation sites is 1. The molecule has 1 aromatic carbocycles. The van der Waals surface area contributed by atoms with Crippen molar-refractivity contribution in [1.82, 2.24) is 5.32 Å². The molecule has 1 amide bonds. The van der Waals surface area contributed by atoms with E-state index in [1.807, 2.05) is 18.0 Å². The van der Waals surface area contributed by atoms with Gasteiger partial charge >= 0.3 is 0 Å². The predicted molar refractivity (Wildman–Crippen MR) is 84.2 cm³/mol. The van der Waals surface area contributed by atoms with E-state index in [4.69, 9.17) is 10.5 Å². The first kappa shape index (κ1) is 16.7. The molecule has 1 heterocycles. The van der Waals surface area contributed by atoms with Crippen molar-refractivity contribution >= 4 is 11.6 Å². The molecule has 1 aliphatic rings. The zero-order chi connectivity index (χ0) is 15.9. The predicted octanol–water partition coefficient (Wildman–Crippen LogP) is 1.27. The Hall–Kier alpha value is -1.66. The topological polar surface area (TPSA) is 67.6 Å². The molecule has 3 N–H and O–H groups in total. The van der Waals surface area contributed by atoms with Crippen LogP contribution in [-0.4, -0.2) is 44.8 Å². The highest BCUT2D eigenvalue weighted by Gasteiger charge is 2.29. The molecule has 0 saturated carbocycles. The molecular weight excluding hydrogens is 285 g/mol. The summed E-state index contributed by atoms with van der Waals surface area (Å²) >= 11 is 0. The number of nitrogens with two attached hydrogens (primary N) is 1. The minimum absolute atomic E-state index is 0.00272. The van der Waals surface area contributed by atoms with E-state index in [2.05, 4.69) is 5.32 Å². The zero-order valence-electron chi connectivity index (χ0n) is 12.9. The molecule has 2 atom stereocenters. The molecule has 1 aliphatic heterocycles. The molecule has 0 bridgehead atoms. The van der Waals surface area contributed by atoms with Gasteiger partial charge in [0.25, 0.3) is 0 Å². The Labute approximate surface area is 130 Å². The van der Waals surface area contributed by atoms with Crippen LogP contribution in [0.3, 0.4) is 0 Å². The Morgan fingerprint density at radius 1 is 1.45 bits per heavy atom. The van der Waals surface area contributed by atoms with Gasteiger partial charge in [0.05, 0.1) is 11.8 Å². The van der Waals surface area contributed by atoms with E-state index in [1.165, 1.54) is 6.07 Å². The first-order chi connectivity index (χ1) is 10.6. The third-order valence-corrected chi connectivity index (χ3v) is 3.90. The summed E-state index contributed by atoms with van der Waals surface area (Å²) in [6.45, 7) is 1.67. The molecule has 5 nitrogen and oxygen atoms in total. The molecule has 0 aliphatic carbocycles. The van der Waals surface area contributed by atoms with Gasteiger partial charge in [-0.2, -0.15) is 0 Å². The summed E-state index contributed by atoms with van der Waals surface area (Å²) in [6, 6.07) is 6.66. The number of hydrogen-bond acceptors (Lipinski definition) is 4. The van der Waals surface area contributed by atoms with Crippen LogP contribution in [-0.2, 0) is 9.53 Å². The van der Waals surface area contributed by atoms with Gasteiger partial charge in [-0.15, -0.1) is 0 Å². The summed E-state index contributed by atoms with van der Waals surface area (Å²) in [7, 11) is 1.84. The second kappa shape index (κ2) is 8.10. The fourth-order valence-corrected chi connectivity index (χ4v) is 2.60. The van der Waals surface area contributed by atoms with E-state index < -0.39 is 0 Å². The second-order valence-electron chi connectivity index (χ2n) is 5.58. The molecule has 122 valence electrons. The van der Waals surface area contributed by atoms with E-state index in [1.54, 1.807) is 12.1 Å². The van der Waals surface area contributed by atoms with Crippen molar-refractivity contribution in [1.29, 1.82) is 0 Å². The summed E-state index contributed by atoms with van der Waals surface area (Å²) in [5.41, 5.74) is 6.09. The lowest BCUT2D eigenvalue weighted by atomic mass is 10.2. The highest BCUT2D eigenvalue weighted by molar-refractivity contribution is 5.80. The molecular formula is C16H24FN3O2. The van der Waals surface area contributed by atoms with E-state index >= 15 is 0 Å². The van der Waals surface area contributed by atoms with Crippen LogP contribution in [0, 0.1) is 5.82 Å². The van der Waals surface area contributed by atoms with Crippen LogP contribution in [0.25, 0.3) is 0 Å². The normalized spacial score (nSPS) is 20.9. The Kier molecular flexibility index (Phi) is 6.15. The highest BCUT2D eigenvalue weighted by atomic mass is 19.1. The second-order valence-corrected chi connectivity index (χ2v) is 5.58. The maximum atomic E-state index is 13.6. The van der Waals surface area contributed by atoms with Crippen molar-refractivity contribution in [2.75, 3.05) is 31.6 Å². The third-order valence-electron chi connectivity index (χ3n) is 3.90. The van der Waals surface area contributed by atoms with Gasteiger partial charge in [-0.1, -0.05) is 12.1 Å². The number of rotatable bonds is 7. The monoisotopic (exact) mass is 309 g/mol. The lowest BCUT2D eigenvalue weighted by molar-refractivity contribution is -0.131. The fourth-order valence-electron chi connectivity index (χ4n) is 2.60. The average Bonchev–Trinajstić information content (AvgIpc) is 3.00. The summed E-state index contributed by atoms with van der Waals surface area (Å²) < 4.78 is 19.2. The number of amides is 1. The van der Waals surface area contributed by atoms with Crippen molar-refractivity contribution in [3.8, 4) is 0 Å². The number of nitrogens with one attached hydrogen (secondary N) is 1. The van der Waals surface area contributed by atoms with Gasteiger partial charge in [0, 0.05) is 26.7 Å². The van der Waals surface area contributed by atoms with Crippen molar-refractivity contribution in [3.05, 3.63) is 30.1 Å². The van der Waals surface area contributed by atoms with Crippen molar-refractivity contribution < 1.29 is 13.9 Å². The van der Waals surface area contributed by atoms with Gasteiger partial charge in [-0.3, -0.25) is 4.79 Å². The number of carbonyl (C=O) groups is 1. The molecule has 1 aromatic rings. The number of benzene rings is 1. The first-order valence-electron chi connectivity index (χ1n) is 7.70. The number of carbonyl (C=O) groups excluding carboxylic acids is 1. The first-order valence-corrected chi connectivity index (χ1v) is 7.70. The number of nitrogens with zero attached hydrogens (tertiary/aromatic N) is 1. The van der Waals surface area contributed by atoms with Crippen LogP contribution >= 0.6 is 0 Å². The lowest BCUT2D eigenvalue weighted by Crippen LogP contribution is -2.37. The Morgan fingerprint density at radius 2 is 2.23 bits per heavy atom. The maximum Gasteiger partial charge on any atom is 0.249 e. The van der Waals surface area contributed by atoms with Crippen LogP contribution in [0.2, 0.25) is 0 Å². The molecule has 22 heavy (non-hydrogen) atoms. The van der Waals surface area contributed by atoms with Crippen LogP contribution in [0.1, 0.15) is 19.3 Å². The van der Waals surface area contributed by atoms with Gasteiger partial charge in [-0.05, 0) is 31.4 Å². The van der Waals surface area contributed by atoms with Crippen LogP contribution in [0.4, 0.5) is 10.1 Å². The Bertz CT molecular complexity index is 498. The lowest BCUT2D eigenvalue weighted by Gasteiger charge is -2.20. The molecule has 6 heteroatoms. The molecule has 2 rings (SSSR count). The van der Waals surface area contributed by atoms with Crippen molar-refractivity contribution in [2.45, 2.75) is 31.5 Å². The van der Waals surface area contributed by atoms with E-state index in [9.17, 15) is 9.18 Å². The minimum Gasteiger partial charge on any atom is -0.372 e. The van der Waals surface area contributed by atoms with Gasteiger partial charge in [0.1, 0.15) is 11.9 Å². The minimum atomic E-state index is -0.377. The zero-order valence-corrected chi connectivity index (χ0v) is 12.9. The van der Waals surface area contributed by atoms with Crippen LogP contribution < -0.4 is 16.0 Å². The molecule has 1 fully saturated rings. The third kappa shape index (κ3) is 4.42. The molecule has 0 unspecified atom stereocenters. The molecule has 0 aromatic heterocycles. The average molecular weight is 309 g/mol. The van der Waals surface area contributed by atoms with Gasteiger partial charge in [0.15, 0.2) is 0 Å². The Morgan fingerprint density at radius 3 is 2.91 bits per heavy atom. The summed E-state index contributed by atoms with van der Waals surface area (Å²) in [6.07, 6.45) is 1.93. The number of anilines is 1. The number of hydrogen-bond donors (Lipinski definition) is 2. The summed E-state index contributed by atoms with van der Waals surface area (Å²) in [5, 5.41) is 2.87. The largest absolute Gasteiger partial charge is 0.372 e. The summed E-state index contributed by atoms with van der Waals surface area (Å²) in [4.78, 5) is 13.8. The maximum absolute atomic E-state index is 13.6. The van der Waals surface area contributed by atoms with Crippen molar-refractivity contribution in [3.63, 3.8) is 0 Å². The van der Waals surface area contributed by atoms with Crippen molar-refractivity contribution in [2.24, 2.45) is 5.73 Å². The van der Waals surface area contributed by atoms with Gasteiger partial charge < -0.3 is 20.7 Å². The fraction of sp³-hybridized carbons (Fsp3) is 0.562. The van der Waals surface area contributed by atoms with Crippen LogP contribution in [0.5, 0.6) is 0 Å². The number of ether oxygens (including phenoxy) is 1. The quantitative estimate of drug-likeness (QED) is 0.745. The number of halogens is 1. The molecule has 1 saturated heterocycles. The Balaban J connectivity index is 1.67. The van der Waals surface area contributed by atoms with E-state index in [0.717, 1.165) is 19.3 Å². The van der Waals surface area contributed by atoms with Gasteiger partial charge in [-0.25, -0.2) is 4.39 Å². The van der Waals surface area contributed by atoms with E-state index in [0.29, 0.717) is 25.3 Å². The van der Waals surface area contributed by atoms with Crippen LogP contribution in [0.15, 0.2) is 24.3 Å². The summed E-state index contributed by atoms with van der Waals surface area (Å²) in [5.74, 6) is -0.314. The smallest absolute Gasteiger partial charge is 0.249 e. The standard InChI is InChI=1S/C16H24FN3O2/c1-20(14-6-3-2-5-13(14)17)10-4-9-19-16(21)15-8-7-12(11-18)22-15/h2-3,5-6,12,15H,4,7-11,18H2,1H3,(H,19,21)/t12-,15+/m1/s1. The SMILES string of the molecule is CN(CCCNC(=O)[C@@H]1CC[C@H](CN)O1)c1ccccc1F. The van der Waals surface area contributed by atoms with Gasteiger partial charge in [0.2, 0.25) is 5.91 Å². The molecule has 0 spiro atoms.